The Morgan fingerprint density at radius 2 is 1.89 bits per heavy atom. The van der Waals surface area contributed by atoms with Crippen molar-refractivity contribution < 1.29 is 0 Å². The van der Waals surface area contributed by atoms with Crippen molar-refractivity contribution in [3.63, 3.8) is 0 Å². The van der Waals surface area contributed by atoms with Crippen molar-refractivity contribution in [1.82, 2.24) is 15.1 Å². The molecule has 1 heterocycles. The molecule has 0 saturated carbocycles. The van der Waals surface area contributed by atoms with Gasteiger partial charge in [0.2, 0.25) is 0 Å². The molecule has 1 unspecified atom stereocenters. The Labute approximate surface area is 112 Å². The van der Waals surface area contributed by atoms with Crippen LogP contribution in [0.15, 0.2) is 6.07 Å². The molecule has 0 aliphatic carbocycles. The number of nitrogens with one attached hydrogen (secondary N) is 1. The minimum absolute atomic E-state index is 0.485. The van der Waals surface area contributed by atoms with Crippen LogP contribution in [0, 0.1) is 5.92 Å². The van der Waals surface area contributed by atoms with Gasteiger partial charge in [0.25, 0.3) is 0 Å². The zero-order valence-electron chi connectivity index (χ0n) is 12.7. The van der Waals surface area contributed by atoms with Gasteiger partial charge in [-0.05, 0) is 37.8 Å². The van der Waals surface area contributed by atoms with Gasteiger partial charge in [-0.25, -0.2) is 0 Å². The van der Waals surface area contributed by atoms with Crippen molar-refractivity contribution in [2.75, 3.05) is 13.1 Å². The molecule has 1 rings (SSSR count). The Balaban J connectivity index is 2.71. The first-order valence-corrected chi connectivity index (χ1v) is 7.40. The molecule has 0 bridgehead atoms. The Morgan fingerprint density at radius 1 is 1.17 bits per heavy atom. The molecule has 1 atom stereocenters. The fraction of sp³-hybridized carbons (Fsp3) is 0.800. The summed E-state index contributed by atoms with van der Waals surface area (Å²) in [6, 6.07) is 2.74. The average Bonchev–Trinajstić information content (AvgIpc) is 2.77. The highest BCUT2D eigenvalue weighted by molar-refractivity contribution is 5.11. The fourth-order valence-corrected chi connectivity index (χ4v) is 2.19. The van der Waals surface area contributed by atoms with E-state index in [0.717, 1.165) is 32.4 Å². The van der Waals surface area contributed by atoms with Gasteiger partial charge in [0.15, 0.2) is 0 Å². The minimum Gasteiger partial charge on any atom is -0.314 e. The van der Waals surface area contributed by atoms with Crippen molar-refractivity contribution in [2.24, 2.45) is 5.92 Å². The van der Waals surface area contributed by atoms with E-state index in [9.17, 15) is 0 Å². The van der Waals surface area contributed by atoms with E-state index in [-0.39, 0.29) is 0 Å². The first-order valence-electron chi connectivity index (χ1n) is 7.40. The van der Waals surface area contributed by atoms with Gasteiger partial charge in [-0.3, -0.25) is 4.68 Å². The highest BCUT2D eigenvalue weighted by Gasteiger charge is 2.14. The van der Waals surface area contributed by atoms with Crippen LogP contribution in [0.3, 0.4) is 0 Å². The molecule has 0 spiro atoms. The van der Waals surface area contributed by atoms with Gasteiger partial charge in [0, 0.05) is 12.2 Å². The molecule has 0 radical (unpaired) electrons. The van der Waals surface area contributed by atoms with Crippen molar-refractivity contribution in [3.05, 3.63) is 17.5 Å². The van der Waals surface area contributed by atoms with Crippen LogP contribution in [0.5, 0.6) is 0 Å². The fourth-order valence-electron chi connectivity index (χ4n) is 2.19. The van der Waals surface area contributed by atoms with E-state index < -0.39 is 0 Å². The lowest BCUT2D eigenvalue weighted by molar-refractivity contribution is 0.388. The molecule has 3 nitrogen and oxygen atoms in total. The minimum atomic E-state index is 0.485. The summed E-state index contributed by atoms with van der Waals surface area (Å²) in [5.41, 5.74) is 2.58. The van der Waals surface area contributed by atoms with Gasteiger partial charge in [0.05, 0.1) is 11.7 Å². The highest BCUT2D eigenvalue weighted by Crippen LogP contribution is 2.16. The largest absolute Gasteiger partial charge is 0.314 e. The van der Waals surface area contributed by atoms with E-state index in [1.165, 1.54) is 11.4 Å². The van der Waals surface area contributed by atoms with Crippen LogP contribution in [-0.2, 0) is 12.8 Å². The summed E-state index contributed by atoms with van der Waals surface area (Å²) in [5.74, 6) is 0.706. The predicted molar refractivity (Wildman–Crippen MR) is 78.0 cm³/mol. The summed E-state index contributed by atoms with van der Waals surface area (Å²) in [6.45, 7) is 13.2. The van der Waals surface area contributed by atoms with E-state index in [2.05, 4.69) is 50.7 Å². The normalized spacial score (nSPS) is 13.2. The van der Waals surface area contributed by atoms with E-state index in [4.69, 9.17) is 5.10 Å². The summed E-state index contributed by atoms with van der Waals surface area (Å²) in [7, 11) is 0. The lowest BCUT2D eigenvalue weighted by Gasteiger charge is -2.19. The van der Waals surface area contributed by atoms with Crippen LogP contribution < -0.4 is 5.32 Å². The quantitative estimate of drug-likeness (QED) is 0.769. The third-order valence-corrected chi connectivity index (χ3v) is 3.34. The van der Waals surface area contributed by atoms with Crippen LogP contribution in [0.1, 0.15) is 58.5 Å². The molecule has 1 aromatic heterocycles. The smallest absolute Gasteiger partial charge is 0.0644 e. The van der Waals surface area contributed by atoms with Crippen LogP contribution in [0.25, 0.3) is 0 Å². The molecule has 0 saturated heterocycles. The SMILES string of the molecule is CCc1cc(CC)n(C(CC)CNCC(C)C)n1. The maximum absolute atomic E-state index is 4.75. The van der Waals surface area contributed by atoms with E-state index in [1.54, 1.807) is 0 Å². The average molecular weight is 251 g/mol. The summed E-state index contributed by atoms with van der Waals surface area (Å²) in [5, 5.41) is 8.30. The molecule has 0 aliphatic rings. The monoisotopic (exact) mass is 251 g/mol. The van der Waals surface area contributed by atoms with Gasteiger partial charge in [-0.2, -0.15) is 5.10 Å². The molecule has 0 aliphatic heterocycles. The number of rotatable bonds is 8. The zero-order valence-corrected chi connectivity index (χ0v) is 12.7. The van der Waals surface area contributed by atoms with E-state index >= 15 is 0 Å². The Morgan fingerprint density at radius 3 is 2.39 bits per heavy atom. The lowest BCUT2D eigenvalue weighted by atomic mass is 10.2. The highest BCUT2D eigenvalue weighted by atomic mass is 15.3. The molecule has 1 aromatic rings. The van der Waals surface area contributed by atoms with Crippen LogP contribution in [-0.4, -0.2) is 22.9 Å². The maximum atomic E-state index is 4.75. The van der Waals surface area contributed by atoms with Gasteiger partial charge in [-0.1, -0.05) is 34.6 Å². The molecule has 1 N–H and O–H groups in total. The van der Waals surface area contributed by atoms with Crippen LogP contribution in [0.2, 0.25) is 0 Å². The number of hydrogen-bond donors (Lipinski definition) is 1. The Hall–Kier alpha value is -0.830. The standard InChI is InChI=1S/C15H29N3/c1-6-13-9-14(7-2)18(17-13)15(8-3)11-16-10-12(4)5/h9,12,15-16H,6-8,10-11H2,1-5H3. The Kier molecular flexibility index (Phi) is 6.41. The number of hydrogen-bond acceptors (Lipinski definition) is 2. The molecule has 18 heavy (non-hydrogen) atoms. The summed E-state index contributed by atoms with van der Waals surface area (Å²) < 4.78 is 2.24. The predicted octanol–water partition coefficient (Wildman–Crippen LogP) is 3.20. The van der Waals surface area contributed by atoms with E-state index in [0.29, 0.717) is 12.0 Å². The second-order valence-corrected chi connectivity index (χ2v) is 5.39. The third kappa shape index (κ3) is 4.13. The van der Waals surface area contributed by atoms with Gasteiger partial charge >= 0.3 is 0 Å². The zero-order chi connectivity index (χ0) is 13.5. The molecule has 104 valence electrons. The number of nitrogens with zero attached hydrogens (tertiary/aromatic N) is 2. The van der Waals surface area contributed by atoms with Crippen LogP contribution in [0.4, 0.5) is 0 Å². The third-order valence-electron chi connectivity index (χ3n) is 3.34. The maximum Gasteiger partial charge on any atom is 0.0644 e. The van der Waals surface area contributed by atoms with Crippen molar-refractivity contribution in [1.29, 1.82) is 0 Å². The molecular weight excluding hydrogens is 222 g/mol. The summed E-state index contributed by atoms with van der Waals surface area (Å²) in [6.07, 6.45) is 3.21. The van der Waals surface area contributed by atoms with Gasteiger partial charge in [-0.15, -0.1) is 0 Å². The number of aryl methyl sites for hydroxylation is 2. The van der Waals surface area contributed by atoms with Crippen molar-refractivity contribution in [3.8, 4) is 0 Å². The van der Waals surface area contributed by atoms with Gasteiger partial charge in [0.1, 0.15) is 0 Å². The molecule has 0 fully saturated rings. The van der Waals surface area contributed by atoms with E-state index in [1.807, 2.05) is 0 Å². The van der Waals surface area contributed by atoms with Crippen molar-refractivity contribution in [2.45, 2.75) is 59.9 Å². The molecular formula is C15H29N3. The summed E-state index contributed by atoms with van der Waals surface area (Å²) in [4.78, 5) is 0. The molecule has 3 heteroatoms. The molecule has 0 amide bonds. The van der Waals surface area contributed by atoms with Crippen molar-refractivity contribution >= 4 is 0 Å². The van der Waals surface area contributed by atoms with Crippen LogP contribution >= 0.6 is 0 Å². The van der Waals surface area contributed by atoms with Gasteiger partial charge < -0.3 is 5.32 Å². The molecule has 0 aromatic carbocycles. The topological polar surface area (TPSA) is 29.9 Å². The summed E-state index contributed by atoms with van der Waals surface area (Å²) >= 11 is 0. The lowest BCUT2D eigenvalue weighted by Crippen LogP contribution is -2.29. The Bertz CT molecular complexity index is 342. The second kappa shape index (κ2) is 7.57. The first kappa shape index (κ1) is 15.2. The first-order chi connectivity index (χ1) is 8.62. The number of aromatic nitrogens is 2. The second-order valence-electron chi connectivity index (χ2n) is 5.39.